The molecule has 2 unspecified atom stereocenters. The van der Waals surface area contributed by atoms with Gasteiger partial charge >= 0.3 is 5.82 Å². The third-order valence-corrected chi connectivity index (χ3v) is 4.88. The highest BCUT2D eigenvalue weighted by molar-refractivity contribution is 7.15. The Balaban J connectivity index is 2.06. The molecule has 21 heavy (non-hydrogen) atoms. The van der Waals surface area contributed by atoms with E-state index in [1.54, 1.807) is 10.6 Å². The number of nitrogens with one attached hydrogen (secondary N) is 1. The molecular formula is C13H19N5O2S. The molecule has 0 aromatic carbocycles. The van der Waals surface area contributed by atoms with Gasteiger partial charge in [-0.15, -0.1) is 0 Å². The van der Waals surface area contributed by atoms with Crippen LogP contribution in [0.2, 0.25) is 0 Å². The fraction of sp³-hybridized carbons (Fsp3) is 0.615. The second kappa shape index (κ2) is 5.61. The minimum absolute atomic E-state index is 0.0847. The number of nitro groups is 1. The Hall–Kier alpha value is -1.67. The van der Waals surface area contributed by atoms with Gasteiger partial charge in [0.1, 0.15) is 6.20 Å². The van der Waals surface area contributed by atoms with Gasteiger partial charge in [0.15, 0.2) is 0 Å². The van der Waals surface area contributed by atoms with Crippen LogP contribution >= 0.6 is 11.3 Å². The summed E-state index contributed by atoms with van der Waals surface area (Å²) in [4.78, 5) is 18.5. The minimum Gasteiger partial charge on any atom is -0.358 e. The Morgan fingerprint density at radius 1 is 1.52 bits per heavy atom. The molecular weight excluding hydrogens is 290 g/mol. The van der Waals surface area contributed by atoms with Crippen molar-refractivity contribution in [3.63, 3.8) is 0 Å². The van der Waals surface area contributed by atoms with Gasteiger partial charge in [-0.25, -0.2) is 0 Å². The second-order valence-electron chi connectivity index (χ2n) is 5.30. The molecule has 0 bridgehead atoms. The zero-order valence-electron chi connectivity index (χ0n) is 12.2. The molecule has 1 aliphatic rings. The molecule has 0 radical (unpaired) electrons. The van der Waals surface area contributed by atoms with E-state index < -0.39 is 0 Å². The van der Waals surface area contributed by atoms with Crippen LogP contribution in [0.15, 0.2) is 11.6 Å². The van der Waals surface area contributed by atoms with E-state index in [-0.39, 0.29) is 16.8 Å². The molecule has 0 saturated carbocycles. The Bertz CT molecular complexity index is 652. The van der Waals surface area contributed by atoms with E-state index in [2.05, 4.69) is 29.0 Å². The molecule has 2 atom stereocenters. The van der Waals surface area contributed by atoms with Crippen LogP contribution in [0.5, 0.6) is 0 Å². The topological polar surface area (TPSA) is 75.7 Å². The number of nitrogens with zero attached hydrogens (tertiary/aromatic N) is 4. The lowest BCUT2D eigenvalue weighted by Gasteiger charge is -2.39. The highest BCUT2D eigenvalue weighted by atomic mass is 32.1. The Morgan fingerprint density at radius 2 is 2.33 bits per heavy atom. The van der Waals surface area contributed by atoms with Crippen molar-refractivity contribution in [3.05, 3.63) is 21.7 Å². The summed E-state index contributed by atoms with van der Waals surface area (Å²) in [5.41, 5.74) is 0. The Morgan fingerprint density at radius 3 is 3.00 bits per heavy atom. The average Bonchev–Trinajstić information content (AvgIpc) is 3.06. The van der Waals surface area contributed by atoms with Crippen molar-refractivity contribution in [2.45, 2.75) is 38.8 Å². The van der Waals surface area contributed by atoms with Gasteiger partial charge in [0, 0.05) is 30.6 Å². The molecule has 0 aliphatic carbocycles. The van der Waals surface area contributed by atoms with Crippen molar-refractivity contribution in [1.82, 2.24) is 14.7 Å². The van der Waals surface area contributed by atoms with Crippen molar-refractivity contribution in [1.29, 1.82) is 0 Å². The number of fused-ring (bicyclic) bond motifs is 1. The van der Waals surface area contributed by atoms with Crippen LogP contribution in [0.3, 0.4) is 0 Å². The monoisotopic (exact) mass is 309 g/mol. The van der Waals surface area contributed by atoms with E-state index in [0.717, 1.165) is 25.9 Å². The van der Waals surface area contributed by atoms with Gasteiger partial charge in [-0.05, 0) is 17.8 Å². The lowest BCUT2D eigenvalue weighted by molar-refractivity contribution is -0.389. The first-order valence-electron chi connectivity index (χ1n) is 7.25. The predicted molar refractivity (Wildman–Crippen MR) is 83.2 cm³/mol. The predicted octanol–water partition coefficient (Wildman–Crippen LogP) is 2.27. The molecule has 3 heterocycles. The van der Waals surface area contributed by atoms with E-state index >= 15 is 0 Å². The highest BCUT2D eigenvalue weighted by Gasteiger charge is 2.34. The number of hydrogen-bond donors (Lipinski definition) is 1. The van der Waals surface area contributed by atoms with Gasteiger partial charge in [0.2, 0.25) is 5.82 Å². The summed E-state index contributed by atoms with van der Waals surface area (Å²) >= 11 is 1.42. The minimum atomic E-state index is -0.322. The summed E-state index contributed by atoms with van der Waals surface area (Å²) in [5.74, 6) is 0.597. The number of piperazine rings is 1. The first-order valence-corrected chi connectivity index (χ1v) is 8.13. The summed E-state index contributed by atoms with van der Waals surface area (Å²) < 4.78 is 1.58. The van der Waals surface area contributed by atoms with E-state index in [9.17, 15) is 10.1 Å². The molecule has 1 N–H and O–H groups in total. The van der Waals surface area contributed by atoms with Gasteiger partial charge in [-0.3, -0.25) is 0 Å². The number of thiazole rings is 1. The maximum absolute atomic E-state index is 11.5. The largest absolute Gasteiger partial charge is 0.373 e. The summed E-state index contributed by atoms with van der Waals surface area (Å²) in [5, 5.41) is 16.8. The maximum Gasteiger partial charge on any atom is 0.373 e. The molecule has 0 amide bonds. The normalized spacial score (nSPS) is 22.9. The molecule has 114 valence electrons. The second-order valence-corrected chi connectivity index (χ2v) is 6.17. The number of anilines is 1. The molecule has 8 heteroatoms. The fourth-order valence-electron chi connectivity index (χ4n) is 2.89. The molecule has 1 saturated heterocycles. The number of rotatable bonds is 4. The number of hydrogen-bond acceptors (Lipinski definition) is 6. The first kappa shape index (κ1) is 14.3. The average molecular weight is 309 g/mol. The summed E-state index contributed by atoms with van der Waals surface area (Å²) in [7, 11) is 0. The fourth-order valence-corrected chi connectivity index (χ4v) is 3.59. The number of imidazole rings is 1. The van der Waals surface area contributed by atoms with Crippen LogP contribution in [0.25, 0.3) is 4.96 Å². The van der Waals surface area contributed by atoms with Gasteiger partial charge in [-0.1, -0.05) is 25.2 Å². The van der Waals surface area contributed by atoms with Crippen molar-refractivity contribution in [2.75, 3.05) is 18.0 Å². The maximum atomic E-state index is 11.5. The van der Waals surface area contributed by atoms with E-state index in [4.69, 9.17) is 0 Å². The van der Waals surface area contributed by atoms with E-state index in [1.807, 2.05) is 5.38 Å². The summed E-state index contributed by atoms with van der Waals surface area (Å²) in [6.45, 7) is 5.84. The number of aromatic nitrogens is 2. The Kier molecular flexibility index (Phi) is 3.81. The molecule has 1 fully saturated rings. The quantitative estimate of drug-likeness (QED) is 0.692. The third-order valence-electron chi connectivity index (χ3n) is 4.13. The molecule has 7 nitrogen and oxygen atoms in total. The zero-order chi connectivity index (χ0) is 15.0. The van der Waals surface area contributed by atoms with E-state index in [0.29, 0.717) is 16.8 Å². The molecule has 1 aliphatic heterocycles. The lowest BCUT2D eigenvalue weighted by Crippen LogP contribution is -2.56. The van der Waals surface area contributed by atoms with Crippen molar-refractivity contribution < 1.29 is 4.92 Å². The van der Waals surface area contributed by atoms with Crippen LogP contribution < -0.4 is 10.2 Å². The highest BCUT2D eigenvalue weighted by Crippen LogP contribution is 2.33. The van der Waals surface area contributed by atoms with Crippen LogP contribution in [0.4, 0.5) is 11.6 Å². The van der Waals surface area contributed by atoms with Gasteiger partial charge < -0.3 is 20.3 Å². The SMILES string of the molecule is CCC1CN(c2nc3sccn3c2[N+](=O)[O-])C(CC)CN1. The van der Waals surface area contributed by atoms with Crippen LogP contribution in [0.1, 0.15) is 26.7 Å². The first-order chi connectivity index (χ1) is 10.2. The summed E-state index contributed by atoms with van der Waals surface area (Å²) in [6.07, 6.45) is 3.66. The Labute approximate surface area is 126 Å². The molecule has 3 rings (SSSR count). The smallest absolute Gasteiger partial charge is 0.358 e. The van der Waals surface area contributed by atoms with Crippen molar-refractivity contribution in [3.8, 4) is 0 Å². The molecule has 2 aromatic rings. The third kappa shape index (κ3) is 2.38. The van der Waals surface area contributed by atoms with Crippen molar-refractivity contribution >= 4 is 27.9 Å². The lowest BCUT2D eigenvalue weighted by atomic mass is 10.1. The zero-order valence-corrected chi connectivity index (χ0v) is 13.0. The van der Waals surface area contributed by atoms with Crippen LogP contribution in [-0.4, -0.2) is 39.5 Å². The molecule has 0 spiro atoms. The van der Waals surface area contributed by atoms with Gasteiger partial charge in [0.25, 0.3) is 4.96 Å². The van der Waals surface area contributed by atoms with Gasteiger partial charge in [-0.2, -0.15) is 9.38 Å². The van der Waals surface area contributed by atoms with E-state index in [1.165, 1.54) is 11.3 Å². The van der Waals surface area contributed by atoms with Crippen molar-refractivity contribution in [2.24, 2.45) is 0 Å². The van der Waals surface area contributed by atoms with Gasteiger partial charge in [0.05, 0.1) is 0 Å². The van der Waals surface area contributed by atoms with Crippen LogP contribution in [-0.2, 0) is 0 Å². The van der Waals surface area contributed by atoms with Crippen LogP contribution in [0, 0.1) is 10.1 Å². The summed E-state index contributed by atoms with van der Waals surface area (Å²) in [6, 6.07) is 0.600. The molecule has 2 aromatic heterocycles. The standard InChI is InChI=1S/C13H19N5O2S/c1-3-9-8-17(10(4-2)7-14-9)11-12(18(19)20)16-5-6-21-13(16)15-11/h5-6,9-10,14H,3-4,7-8H2,1-2H3.